The average molecular weight is 401 g/mol. The van der Waals surface area contributed by atoms with E-state index >= 15 is 0 Å². The van der Waals surface area contributed by atoms with E-state index in [1.54, 1.807) is 7.11 Å². The van der Waals surface area contributed by atoms with Gasteiger partial charge in [0.25, 0.3) is 5.91 Å². The second-order valence-electron chi connectivity index (χ2n) is 7.46. The maximum Gasteiger partial charge on any atom is 0.272 e. The van der Waals surface area contributed by atoms with Gasteiger partial charge in [-0.25, -0.2) is 0 Å². The molecule has 6 nitrogen and oxygen atoms in total. The second-order valence-corrected chi connectivity index (χ2v) is 8.61. The molecular formula is C21H28N4O2S. The quantitative estimate of drug-likeness (QED) is 0.836. The van der Waals surface area contributed by atoms with Crippen LogP contribution >= 0.6 is 11.8 Å². The number of para-hydroxylation sites is 1. The molecule has 1 aromatic heterocycles. The van der Waals surface area contributed by atoms with Gasteiger partial charge in [0.05, 0.1) is 18.8 Å². The van der Waals surface area contributed by atoms with Crippen molar-refractivity contribution in [1.82, 2.24) is 20.0 Å². The number of likely N-dealkylation sites (tertiary alicyclic amines) is 1. The Kier molecular flexibility index (Phi) is 6.22. The molecule has 150 valence electrons. The molecule has 2 aliphatic heterocycles. The molecule has 1 unspecified atom stereocenters. The van der Waals surface area contributed by atoms with Crippen LogP contribution in [-0.4, -0.2) is 76.7 Å². The predicted molar refractivity (Wildman–Crippen MR) is 113 cm³/mol. The van der Waals surface area contributed by atoms with E-state index in [9.17, 15) is 4.79 Å². The van der Waals surface area contributed by atoms with Crippen LogP contribution in [0.5, 0.6) is 5.75 Å². The number of ether oxygens (including phenoxy) is 1. The fourth-order valence-corrected chi connectivity index (χ4v) is 5.15. The maximum atomic E-state index is 13.3. The smallest absolute Gasteiger partial charge is 0.272 e. The van der Waals surface area contributed by atoms with Crippen molar-refractivity contribution in [2.75, 3.05) is 44.8 Å². The van der Waals surface area contributed by atoms with Crippen LogP contribution in [0.25, 0.3) is 11.3 Å². The van der Waals surface area contributed by atoms with Crippen molar-refractivity contribution >= 4 is 17.7 Å². The summed E-state index contributed by atoms with van der Waals surface area (Å²) in [6, 6.07) is 9.86. The molecule has 2 aromatic rings. The molecule has 1 atom stereocenters. The average Bonchev–Trinajstić information content (AvgIpc) is 3.37. The zero-order valence-electron chi connectivity index (χ0n) is 16.4. The van der Waals surface area contributed by atoms with E-state index in [0.717, 1.165) is 61.1 Å². The Hall–Kier alpha value is -1.99. The van der Waals surface area contributed by atoms with Gasteiger partial charge in [-0.1, -0.05) is 12.1 Å². The summed E-state index contributed by atoms with van der Waals surface area (Å²) in [4.78, 5) is 17.9. The number of aromatic nitrogens is 2. The molecule has 2 aliphatic rings. The van der Waals surface area contributed by atoms with Crippen molar-refractivity contribution in [3.05, 3.63) is 36.0 Å². The standard InChI is InChI=1S/C21H28N4O2S/c1-27-20-8-3-2-7-17(20)18-13-19(23-22-18)21(26)25-11-6-12-28-15-16(25)14-24-9-4-5-10-24/h2-3,7-8,13,16H,4-6,9-12,14-15H2,1H3,(H,22,23). The molecule has 3 heterocycles. The molecular weight excluding hydrogens is 372 g/mol. The molecule has 2 saturated heterocycles. The normalized spacial score (nSPS) is 20.9. The van der Waals surface area contributed by atoms with Crippen LogP contribution in [0.1, 0.15) is 29.8 Å². The summed E-state index contributed by atoms with van der Waals surface area (Å²) in [6.07, 6.45) is 3.59. The lowest BCUT2D eigenvalue weighted by atomic mass is 10.1. The third-order valence-corrected chi connectivity index (χ3v) is 6.76. The molecule has 28 heavy (non-hydrogen) atoms. The summed E-state index contributed by atoms with van der Waals surface area (Å²) in [7, 11) is 1.65. The minimum absolute atomic E-state index is 0.0559. The van der Waals surface area contributed by atoms with Gasteiger partial charge in [0.2, 0.25) is 0 Å². The van der Waals surface area contributed by atoms with Gasteiger partial charge in [-0.3, -0.25) is 9.89 Å². The molecule has 0 saturated carbocycles. The summed E-state index contributed by atoms with van der Waals surface area (Å²) in [6.45, 7) is 4.11. The third-order valence-electron chi connectivity index (χ3n) is 5.56. The van der Waals surface area contributed by atoms with Crippen LogP contribution in [0.2, 0.25) is 0 Å². The molecule has 1 N–H and O–H groups in total. The van der Waals surface area contributed by atoms with E-state index in [4.69, 9.17) is 4.74 Å². The summed E-state index contributed by atoms with van der Waals surface area (Å²) in [5, 5.41) is 7.36. The van der Waals surface area contributed by atoms with Crippen LogP contribution in [0.4, 0.5) is 0 Å². The third kappa shape index (κ3) is 4.20. The first kappa shape index (κ1) is 19.3. The van der Waals surface area contributed by atoms with Gasteiger partial charge in [-0.15, -0.1) is 0 Å². The first-order valence-corrected chi connectivity index (χ1v) is 11.2. The van der Waals surface area contributed by atoms with Gasteiger partial charge in [-0.05, 0) is 56.3 Å². The lowest BCUT2D eigenvalue weighted by Gasteiger charge is -2.32. The molecule has 4 rings (SSSR count). The van der Waals surface area contributed by atoms with Crippen molar-refractivity contribution in [3.8, 4) is 17.0 Å². The van der Waals surface area contributed by atoms with Gasteiger partial charge < -0.3 is 14.5 Å². The van der Waals surface area contributed by atoms with Crippen molar-refractivity contribution in [3.63, 3.8) is 0 Å². The Labute approximate surface area is 170 Å². The lowest BCUT2D eigenvalue weighted by molar-refractivity contribution is 0.0660. The van der Waals surface area contributed by atoms with Crippen molar-refractivity contribution in [2.24, 2.45) is 0 Å². The first-order chi connectivity index (χ1) is 13.8. The van der Waals surface area contributed by atoms with Gasteiger partial charge in [-0.2, -0.15) is 16.9 Å². The van der Waals surface area contributed by atoms with Crippen LogP contribution in [-0.2, 0) is 0 Å². The molecule has 1 aromatic carbocycles. The highest BCUT2D eigenvalue weighted by molar-refractivity contribution is 7.99. The fraction of sp³-hybridized carbons (Fsp3) is 0.524. The zero-order chi connectivity index (χ0) is 19.3. The van der Waals surface area contributed by atoms with Crippen molar-refractivity contribution in [2.45, 2.75) is 25.3 Å². The van der Waals surface area contributed by atoms with Crippen LogP contribution < -0.4 is 4.74 Å². The number of aromatic amines is 1. The minimum Gasteiger partial charge on any atom is -0.496 e. The van der Waals surface area contributed by atoms with E-state index in [-0.39, 0.29) is 11.9 Å². The molecule has 7 heteroatoms. The van der Waals surface area contributed by atoms with Crippen LogP contribution in [0, 0.1) is 0 Å². The maximum absolute atomic E-state index is 13.3. The Morgan fingerprint density at radius 3 is 2.89 bits per heavy atom. The van der Waals surface area contributed by atoms with E-state index in [1.165, 1.54) is 12.8 Å². The van der Waals surface area contributed by atoms with Gasteiger partial charge in [0.15, 0.2) is 0 Å². The highest BCUT2D eigenvalue weighted by atomic mass is 32.2. The Morgan fingerprint density at radius 2 is 2.07 bits per heavy atom. The topological polar surface area (TPSA) is 61.5 Å². The Balaban J connectivity index is 1.54. The van der Waals surface area contributed by atoms with Gasteiger partial charge in [0.1, 0.15) is 11.4 Å². The Bertz CT molecular complexity index is 803. The number of H-pyrrole nitrogens is 1. The molecule has 2 fully saturated rings. The molecule has 0 bridgehead atoms. The number of methoxy groups -OCH3 is 1. The number of nitrogens with zero attached hydrogens (tertiary/aromatic N) is 3. The Morgan fingerprint density at radius 1 is 1.25 bits per heavy atom. The van der Waals surface area contributed by atoms with E-state index < -0.39 is 0 Å². The van der Waals surface area contributed by atoms with Crippen molar-refractivity contribution < 1.29 is 9.53 Å². The van der Waals surface area contributed by atoms with Gasteiger partial charge >= 0.3 is 0 Å². The number of thioether (sulfide) groups is 1. The number of benzene rings is 1. The lowest BCUT2D eigenvalue weighted by Crippen LogP contribution is -2.47. The highest BCUT2D eigenvalue weighted by Crippen LogP contribution is 2.29. The minimum atomic E-state index is 0.0559. The number of carbonyl (C=O) groups excluding carboxylic acids is 1. The summed E-state index contributed by atoms with van der Waals surface area (Å²) < 4.78 is 5.44. The number of amides is 1. The number of hydrogen-bond donors (Lipinski definition) is 1. The summed E-state index contributed by atoms with van der Waals surface area (Å²) in [5.41, 5.74) is 2.18. The SMILES string of the molecule is COc1ccccc1-c1cc(C(=O)N2CCCSCC2CN2CCCC2)[nH]n1. The largest absolute Gasteiger partial charge is 0.496 e. The first-order valence-electron chi connectivity index (χ1n) is 10.1. The van der Waals surface area contributed by atoms with Gasteiger partial charge in [0, 0.05) is 24.4 Å². The van der Waals surface area contributed by atoms with E-state index in [1.807, 2.05) is 42.1 Å². The van der Waals surface area contributed by atoms with Crippen LogP contribution in [0.3, 0.4) is 0 Å². The molecule has 1 amide bonds. The molecule has 0 radical (unpaired) electrons. The number of nitrogens with one attached hydrogen (secondary N) is 1. The summed E-state index contributed by atoms with van der Waals surface area (Å²) >= 11 is 1.97. The summed E-state index contributed by atoms with van der Waals surface area (Å²) in [5.74, 6) is 2.94. The number of carbonyl (C=O) groups is 1. The predicted octanol–water partition coefficient (Wildman–Crippen LogP) is 3.13. The van der Waals surface area contributed by atoms with Crippen LogP contribution in [0.15, 0.2) is 30.3 Å². The van der Waals surface area contributed by atoms with Crippen molar-refractivity contribution in [1.29, 1.82) is 0 Å². The number of hydrogen-bond acceptors (Lipinski definition) is 5. The zero-order valence-corrected chi connectivity index (χ0v) is 17.2. The van der Waals surface area contributed by atoms with E-state index in [0.29, 0.717) is 5.69 Å². The number of rotatable bonds is 5. The molecule has 0 spiro atoms. The molecule has 0 aliphatic carbocycles. The second kappa shape index (κ2) is 9.01. The monoisotopic (exact) mass is 400 g/mol. The van der Waals surface area contributed by atoms with E-state index in [2.05, 4.69) is 20.0 Å². The fourth-order valence-electron chi connectivity index (χ4n) is 4.09. The highest BCUT2D eigenvalue weighted by Gasteiger charge is 2.30.